The molecular formula is C25H33N3O2. The van der Waals surface area contributed by atoms with Crippen LogP contribution in [-0.4, -0.2) is 45.3 Å². The molecule has 0 aromatic heterocycles. The van der Waals surface area contributed by atoms with Crippen molar-refractivity contribution in [3.05, 3.63) is 53.6 Å². The van der Waals surface area contributed by atoms with E-state index in [1.54, 1.807) is 0 Å². The molecule has 2 aliphatic heterocycles. The van der Waals surface area contributed by atoms with E-state index in [4.69, 9.17) is 4.74 Å². The summed E-state index contributed by atoms with van der Waals surface area (Å²) in [5, 5.41) is 3.11. The molecule has 2 fully saturated rings. The summed E-state index contributed by atoms with van der Waals surface area (Å²) in [6.45, 7) is 9.85. The van der Waals surface area contributed by atoms with Crippen molar-refractivity contribution in [3.63, 3.8) is 0 Å². The van der Waals surface area contributed by atoms with E-state index in [1.165, 1.54) is 30.5 Å². The standard InChI is InChI=1S/C25H33N3O2/c1-19-6-3-4-11-28(18-19)24-17-22(10-9-20(24)2)26-25(29)21-7-5-8-23(16-21)27-12-14-30-15-13-27/h5,7-10,16-17,19H,3-4,6,11-15,18H2,1-2H3,(H,26,29). The molecule has 1 amide bonds. The van der Waals surface area contributed by atoms with Crippen LogP contribution in [0.25, 0.3) is 0 Å². The first-order valence-corrected chi connectivity index (χ1v) is 11.2. The maximum absolute atomic E-state index is 13.0. The predicted octanol–water partition coefficient (Wildman–Crippen LogP) is 4.71. The SMILES string of the molecule is Cc1ccc(NC(=O)c2cccc(N3CCOCC3)c2)cc1N1CCCCC(C)C1. The molecule has 0 saturated carbocycles. The van der Waals surface area contributed by atoms with Gasteiger partial charge in [-0.2, -0.15) is 0 Å². The molecule has 0 aliphatic carbocycles. The van der Waals surface area contributed by atoms with Crippen molar-refractivity contribution in [2.24, 2.45) is 5.92 Å². The number of morpholine rings is 1. The third-order valence-electron chi connectivity index (χ3n) is 6.20. The second-order valence-corrected chi connectivity index (χ2v) is 8.65. The van der Waals surface area contributed by atoms with Gasteiger partial charge in [0.15, 0.2) is 0 Å². The molecule has 5 heteroatoms. The number of anilines is 3. The molecular weight excluding hydrogens is 374 g/mol. The van der Waals surface area contributed by atoms with Crippen LogP contribution in [0.1, 0.15) is 42.1 Å². The number of benzene rings is 2. The van der Waals surface area contributed by atoms with Crippen LogP contribution in [0.5, 0.6) is 0 Å². The Kier molecular flexibility index (Phi) is 6.58. The summed E-state index contributed by atoms with van der Waals surface area (Å²) in [5.41, 5.74) is 5.12. The molecule has 0 spiro atoms. The highest BCUT2D eigenvalue weighted by Crippen LogP contribution is 2.28. The minimum absolute atomic E-state index is 0.0656. The maximum atomic E-state index is 13.0. The van der Waals surface area contributed by atoms with Gasteiger partial charge in [0, 0.05) is 48.8 Å². The van der Waals surface area contributed by atoms with Gasteiger partial charge in [-0.25, -0.2) is 0 Å². The minimum Gasteiger partial charge on any atom is -0.378 e. The number of amides is 1. The van der Waals surface area contributed by atoms with Crippen LogP contribution in [0.15, 0.2) is 42.5 Å². The Labute approximate surface area is 180 Å². The van der Waals surface area contributed by atoms with Crippen LogP contribution in [-0.2, 0) is 4.74 Å². The summed E-state index contributed by atoms with van der Waals surface area (Å²) in [7, 11) is 0. The number of aryl methyl sites for hydroxylation is 1. The summed E-state index contributed by atoms with van der Waals surface area (Å²) in [4.78, 5) is 17.7. The van der Waals surface area contributed by atoms with E-state index in [1.807, 2.05) is 24.3 Å². The van der Waals surface area contributed by atoms with Crippen molar-refractivity contribution in [1.29, 1.82) is 0 Å². The van der Waals surface area contributed by atoms with Gasteiger partial charge in [0.2, 0.25) is 0 Å². The first-order chi connectivity index (χ1) is 14.6. The Bertz CT molecular complexity index is 876. The molecule has 30 heavy (non-hydrogen) atoms. The molecule has 160 valence electrons. The number of rotatable bonds is 4. The molecule has 1 atom stereocenters. The third kappa shape index (κ3) is 4.96. The largest absolute Gasteiger partial charge is 0.378 e. The molecule has 1 unspecified atom stereocenters. The van der Waals surface area contributed by atoms with Gasteiger partial charge in [0.05, 0.1) is 13.2 Å². The minimum atomic E-state index is -0.0656. The van der Waals surface area contributed by atoms with Gasteiger partial charge >= 0.3 is 0 Å². The number of carbonyl (C=O) groups excluding carboxylic acids is 1. The first kappa shape index (κ1) is 20.7. The summed E-state index contributed by atoms with van der Waals surface area (Å²) in [6, 6.07) is 14.1. The average Bonchev–Trinajstić information content (AvgIpc) is 3.00. The highest BCUT2D eigenvalue weighted by atomic mass is 16.5. The summed E-state index contributed by atoms with van der Waals surface area (Å²) in [6.07, 6.45) is 3.83. The fourth-order valence-electron chi connectivity index (χ4n) is 4.47. The van der Waals surface area contributed by atoms with Crippen molar-refractivity contribution in [1.82, 2.24) is 0 Å². The van der Waals surface area contributed by atoms with E-state index in [-0.39, 0.29) is 5.91 Å². The Hall–Kier alpha value is -2.53. The second-order valence-electron chi connectivity index (χ2n) is 8.65. The van der Waals surface area contributed by atoms with Crippen molar-refractivity contribution in [2.75, 3.05) is 54.5 Å². The van der Waals surface area contributed by atoms with Crippen LogP contribution < -0.4 is 15.1 Å². The summed E-state index contributed by atoms with van der Waals surface area (Å²) >= 11 is 0. The molecule has 1 N–H and O–H groups in total. The number of nitrogens with one attached hydrogen (secondary N) is 1. The topological polar surface area (TPSA) is 44.8 Å². The zero-order chi connectivity index (χ0) is 20.9. The van der Waals surface area contributed by atoms with Gasteiger partial charge < -0.3 is 19.9 Å². The molecule has 2 aliphatic rings. The number of hydrogen-bond acceptors (Lipinski definition) is 4. The lowest BCUT2D eigenvalue weighted by atomic mass is 10.1. The van der Waals surface area contributed by atoms with Crippen molar-refractivity contribution >= 4 is 23.0 Å². The number of hydrogen-bond donors (Lipinski definition) is 1. The lowest BCUT2D eigenvalue weighted by Crippen LogP contribution is -2.36. The van der Waals surface area contributed by atoms with Gasteiger partial charge in [-0.05, 0) is 61.6 Å². The van der Waals surface area contributed by atoms with E-state index >= 15 is 0 Å². The smallest absolute Gasteiger partial charge is 0.255 e. The Morgan fingerprint density at radius 2 is 1.87 bits per heavy atom. The Morgan fingerprint density at radius 1 is 1.03 bits per heavy atom. The first-order valence-electron chi connectivity index (χ1n) is 11.2. The number of carbonyl (C=O) groups is 1. The fourth-order valence-corrected chi connectivity index (χ4v) is 4.47. The normalized spacial score (nSPS) is 20.0. The molecule has 4 rings (SSSR count). The van der Waals surface area contributed by atoms with E-state index in [2.05, 4.69) is 47.2 Å². The predicted molar refractivity (Wildman–Crippen MR) is 124 cm³/mol. The highest BCUT2D eigenvalue weighted by molar-refractivity contribution is 6.05. The Morgan fingerprint density at radius 3 is 2.70 bits per heavy atom. The quantitative estimate of drug-likeness (QED) is 0.797. The van der Waals surface area contributed by atoms with Crippen LogP contribution in [0, 0.1) is 12.8 Å². The van der Waals surface area contributed by atoms with Gasteiger partial charge in [-0.1, -0.05) is 25.5 Å². The molecule has 5 nitrogen and oxygen atoms in total. The van der Waals surface area contributed by atoms with Crippen LogP contribution in [0.3, 0.4) is 0 Å². The van der Waals surface area contributed by atoms with E-state index in [9.17, 15) is 4.79 Å². The Balaban J connectivity index is 1.49. The lowest BCUT2D eigenvalue weighted by Gasteiger charge is -2.29. The molecule has 2 heterocycles. The average molecular weight is 408 g/mol. The third-order valence-corrected chi connectivity index (χ3v) is 6.20. The summed E-state index contributed by atoms with van der Waals surface area (Å²) in [5.74, 6) is 0.636. The van der Waals surface area contributed by atoms with E-state index in [0.717, 1.165) is 50.8 Å². The molecule has 2 aromatic carbocycles. The van der Waals surface area contributed by atoms with E-state index < -0.39 is 0 Å². The van der Waals surface area contributed by atoms with E-state index in [0.29, 0.717) is 11.5 Å². The summed E-state index contributed by atoms with van der Waals surface area (Å²) < 4.78 is 5.44. The molecule has 0 bridgehead atoms. The maximum Gasteiger partial charge on any atom is 0.255 e. The van der Waals surface area contributed by atoms with Crippen LogP contribution >= 0.6 is 0 Å². The molecule has 2 saturated heterocycles. The second kappa shape index (κ2) is 9.52. The van der Waals surface area contributed by atoms with Gasteiger partial charge in [-0.15, -0.1) is 0 Å². The zero-order valence-electron chi connectivity index (χ0n) is 18.2. The lowest BCUT2D eigenvalue weighted by molar-refractivity contribution is 0.102. The molecule has 2 aromatic rings. The van der Waals surface area contributed by atoms with Crippen molar-refractivity contribution < 1.29 is 9.53 Å². The van der Waals surface area contributed by atoms with Crippen LogP contribution in [0.2, 0.25) is 0 Å². The van der Waals surface area contributed by atoms with Crippen molar-refractivity contribution in [3.8, 4) is 0 Å². The number of nitrogens with zero attached hydrogens (tertiary/aromatic N) is 2. The number of ether oxygens (including phenoxy) is 1. The monoisotopic (exact) mass is 407 g/mol. The molecule has 0 radical (unpaired) electrons. The fraction of sp³-hybridized carbons (Fsp3) is 0.480. The van der Waals surface area contributed by atoms with Gasteiger partial charge in [0.25, 0.3) is 5.91 Å². The van der Waals surface area contributed by atoms with Gasteiger partial charge in [0.1, 0.15) is 0 Å². The zero-order valence-corrected chi connectivity index (χ0v) is 18.2. The van der Waals surface area contributed by atoms with Crippen LogP contribution in [0.4, 0.5) is 17.1 Å². The van der Waals surface area contributed by atoms with Gasteiger partial charge in [-0.3, -0.25) is 4.79 Å². The highest BCUT2D eigenvalue weighted by Gasteiger charge is 2.18. The van der Waals surface area contributed by atoms with Crippen molar-refractivity contribution in [2.45, 2.75) is 33.1 Å².